The zero-order valence-electron chi connectivity index (χ0n) is 7.86. The lowest BCUT2D eigenvalue weighted by atomic mass is 10.3. The molecule has 0 aliphatic heterocycles. The van der Waals surface area contributed by atoms with Crippen LogP contribution in [0.1, 0.15) is 13.8 Å². The summed E-state index contributed by atoms with van der Waals surface area (Å²) in [6.45, 7) is 3.92. The van der Waals surface area contributed by atoms with Crippen LogP contribution in [0.2, 0.25) is 0 Å². The number of nitrogens with one attached hydrogen (secondary N) is 1. The molecule has 13 heavy (non-hydrogen) atoms. The summed E-state index contributed by atoms with van der Waals surface area (Å²) in [6, 6.07) is 7.63. The number of anilines is 2. The van der Waals surface area contributed by atoms with Crippen molar-refractivity contribution in [1.29, 1.82) is 0 Å². The van der Waals surface area contributed by atoms with E-state index in [0.29, 0.717) is 5.69 Å². The summed E-state index contributed by atoms with van der Waals surface area (Å²) in [5.41, 5.74) is 9.91. The van der Waals surface area contributed by atoms with Crippen molar-refractivity contribution in [2.75, 3.05) is 11.2 Å². The SMILES string of the molecule is CC(C)N=NNc1ccccc1N. The van der Waals surface area contributed by atoms with Crippen LogP contribution >= 0.6 is 0 Å². The topological polar surface area (TPSA) is 62.8 Å². The molecule has 0 heterocycles. The normalized spacial score (nSPS) is 11.0. The molecule has 1 aromatic carbocycles. The molecule has 0 saturated carbocycles. The predicted octanol–water partition coefficient (Wildman–Crippen LogP) is 2.46. The molecule has 0 amide bonds. The van der Waals surface area contributed by atoms with E-state index in [4.69, 9.17) is 5.73 Å². The number of para-hydroxylation sites is 2. The van der Waals surface area contributed by atoms with Crippen molar-refractivity contribution < 1.29 is 0 Å². The van der Waals surface area contributed by atoms with Gasteiger partial charge in [-0.1, -0.05) is 17.4 Å². The third kappa shape index (κ3) is 3.11. The summed E-state index contributed by atoms with van der Waals surface area (Å²) >= 11 is 0. The number of hydrogen-bond acceptors (Lipinski definition) is 3. The van der Waals surface area contributed by atoms with Gasteiger partial charge in [-0.2, -0.15) is 5.11 Å². The molecule has 1 aromatic rings. The van der Waals surface area contributed by atoms with Crippen molar-refractivity contribution in [3.8, 4) is 0 Å². The van der Waals surface area contributed by atoms with Crippen molar-refractivity contribution in [3.05, 3.63) is 24.3 Å². The molecule has 0 aliphatic carbocycles. The van der Waals surface area contributed by atoms with Crippen LogP contribution in [-0.4, -0.2) is 6.04 Å². The van der Waals surface area contributed by atoms with E-state index in [9.17, 15) is 0 Å². The van der Waals surface area contributed by atoms with Crippen LogP contribution in [0.15, 0.2) is 34.6 Å². The molecule has 0 unspecified atom stereocenters. The number of nitrogen functional groups attached to an aromatic ring is 1. The fourth-order valence-corrected chi connectivity index (χ4v) is 0.797. The van der Waals surface area contributed by atoms with Gasteiger partial charge < -0.3 is 5.73 Å². The summed E-state index contributed by atoms with van der Waals surface area (Å²) in [5.74, 6) is 0. The van der Waals surface area contributed by atoms with Gasteiger partial charge in [-0.3, -0.25) is 5.43 Å². The van der Waals surface area contributed by atoms with Crippen molar-refractivity contribution in [1.82, 2.24) is 0 Å². The number of benzene rings is 1. The first kappa shape index (κ1) is 9.51. The Balaban J connectivity index is 2.59. The van der Waals surface area contributed by atoms with Crippen LogP contribution < -0.4 is 11.2 Å². The summed E-state index contributed by atoms with van der Waals surface area (Å²) in [7, 11) is 0. The largest absolute Gasteiger partial charge is 0.397 e. The van der Waals surface area contributed by atoms with E-state index in [1.54, 1.807) is 0 Å². The number of hydrogen-bond donors (Lipinski definition) is 2. The smallest absolute Gasteiger partial charge is 0.0808 e. The van der Waals surface area contributed by atoms with Crippen molar-refractivity contribution >= 4 is 11.4 Å². The number of rotatable bonds is 3. The van der Waals surface area contributed by atoms with Gasteiger partial charge in [-0.15, -0.1) is 0 Å². The Morgan fingerprint density at radius 3 is 2.62 bits per heavy atom. The minimum atomic E-state index is 0.192. The zero-order valence-corrected chi connectivity index (χ0v) is 7.86. The maximum absolute atomic E-state index is 5.67. The molecule has 4 nitrogen and oxygen atoms in total. The second-order valence-electron chi connectivity index (χ2n) is 3.01. The molecule has 1 rings (SSSR count). The van der Waals surface area contributed by atoms with Gasteiger partial charge in [0.25, 0.3) is 0 Å². The van der Waals surface area contributed by atoms with E-state index >= 15 is 0 Å². The fourth-order valence-electron chi connectivity index (χ4n) is 0.797. The third-order valence-electron chi connectivity index (χ3n) is 1.42. The average Bonchev–Trinajstić information content (AvgIpc) is 2.08. The highest BCUT2D eigenvalue weighted by Gasteiger charge is 1.93. The van der Waals surface area contributed by atoms with Crippen molar-refractivity contribution in [2.24, 2.45) is 10.3 Å². The van der Waals surface area contributed by atoms with Gasteiger partial charge in [0, 0.05) is 0 Å². The Morgan fingerprint density at radius 1 is 1.31 bits per heavy atom. The molecule has 0 bridgehead atoms. The fraction of sp³-hybridized carbons (Fsp3) is 0.333. The van der Waals surface area contributed by atoms with Crippen LogP contribution in [-0.2, 0) is 0 Å². The van der Waals surface area contributed by atoms with Gasteiger partial charge in [0.05, 0.1) is 17.4 Å². The number of nitrogens with two attached hydrogens (primary N) is 1. The first-order valence-electron chi connectivity index (χ1n) is 4.20. The maximum atomic E-state index is 5.67. The van der Waals surface area contributed by atoms with Gasteiger partial charge in [0.15, 0.2) is 0 Å². The minimum absolute atomic E-state index is 0.192. The van der Waals surface area contributed by atoms with Crippen molar-refractivity contribution in [2.45, 2.75) is 19.9 Å². The molecule has 0 saturated heterocycles. The van der Waals surface area contributed by atoms with Gasteiger partial charge in [0.2, 0.25) is 0 Å². The average molecular weight is 178 g/mol. The summed E-state index contributed by atoms with van der Waals surface area (Å²) in [4.78, 5) is 0. The van der Waals surface area contributed by atoms with Gasteiger partial charge >= 0.3 is 0 Å². The summed E-state index contributed by atoms with van der Waals surface area (Å²) in [6.07, 6.45) is 0. The molecule has 0 aromatic heterocycles. The van der Waals surface area contributed by atoms with E-state index in [1.807, 2.05) is 38.1 Å². The summed E-state index contributed by atoms with van der Waals surface area (Å²) in [5, 5.41) is 7.72. The lowest BCUT2D eigenvalue weighted by Crippen LogP contribution is -1.95. The minimum Gasteiger partial charge on any atom is -0.397 e. The van der Waals surface area contributed by atoms with E-state index in [2.05, 4.69) is 15.8 Å². The molecule has 0 radical (unpaired) electrons. The predicted molar refractivity (Wildman–Crippen MR) is 54.5 cm³/mol. The number of nitrogens with zero attached hydrogens (tertiary/aromatic N) is 2. The van der Waals surface area contributed by atoms with Gasteiger partial charge in [-0.05, 0) is 26.0 Å². The Kier molecular flexibility index (Phi) is 3.25. The molecule has 0 atom stereocenters. The molecule has 4 heteroatoms. The molecular weight excluding hydrogens is 164 g/mol. The van der Waals surface area contributed by atoms with Gasteiger partial charge in [0.1, 0.15) is 0 Å². The zero-order chi connectivity index (χ0) is 9.68. The molecule has 0 fully saturated rings. The molecule has 0 aliphatic rings. The molecule has 0 spiro atoms. The van der Waals surface area contributed by atoms with Crippen molar-refractivity contribution in [3.63, 3.8) is 0 Å². The Labute approximate surface area is 77.8 Å². The lowest BCUT2D eigenvalue weighted by Gasteiger charge is -2.02. The first-order valence-corrected chi connectivity index (χ1v) is 4.20. The van der Waals surface area contributed by atoms with E-state index in [0.717, 1.165) is 5.69 Å². The Bertz CT molecular complexity index is 293. The Morgan fingerprint density at radius 2 is 2.00 bits per heavy atom. The first-order chi connectivity index (χ1) is 6.20. The van der Waals surface area contributed by atoms with E-state index in [-0.39, 0.29) is 6.04 Å². The highest BCUT2D eigenvalue weighted by atomic mass is 15.4. The third-order valence-corrected chi connectivity index (χ3v) is 1.42. The molecular formula is C9H14N4. The van der Waals surface area contributed by atoms with Crippen LogP contribution in [0.25, 0.3) is 0 Å². The second kappa shape index (κ2) is 4.45. The highest BCUT2D eigenvalue weighted by Crippen LogP contribution is 2.16. The Hall–Kier alpha value is -1.58. The van der Waals surface area contributed by atoms with Crippen LogP contribution in [0, 0.1) is 0 Å². The molecule has 3 N–H and O–H groups in total. The maximum Gasteiger partial charge on any atom is 0.0808 e. The standard InChI is InChI=1S/C9H14N4/c1-7(2)11-13-12-9-6-4-3-5-8(9)10/h3-7H,10H2,1-2H3,(H,11,12). The second-order valence-corrected chi connectivity index (χ2v) is 3.01. The quantitative estimate of drug-likeness (QED) is 0.424. The van der Waals surface area contributed by atoms with Crippen LogP contribution in [0.4, 0.5) is 11.4 Å². The highest BCUT2D eigenvalue weighted by molar-refractivity contribution is 5.64. The molecule has 70 valence electrons. The summed E-state index contributed by atoms with van der Waals surface area (Å²) < 4.78 is 0. The van der Waals surface area contributed by atoms with Gasteiger partial charge in [-0.25, -0.2) is 0 Å². The van der Waals surface area contributed by atoms with E-state index < -0.39 is 0 Å². The van der Waals surface area contributed by atoms with Crippen LogP contribution in [0.5, 0.6) is 0 Å². The van der Waals surface area contributed by atoms with Crippen LogP contribution in [0.3, 0.4) is 0 Å². The van der Waals surface area contributed by atoms with E-state index in [1.165, 1.54) is 0 Å². The lowest BCUT2D eigenvalue weighted by molar-refractivity contribution is 0.764. The monoisotopic (exact) mass is 178 g/mol.